The Balaban J connectivity index is 1.30. The molecule has 9 nitrogen and oxygen atoms in total. The summed E-state index contributed by atoms with van der Waals surface area (Å²) in [4.78, 5) is 64.5. The molecule has 0 bridgehead atoms. The number of amides is 4. The first kappa shape index (κ1) is 21.7. The molecule has 3 heterocycles. The molecule has 4 rings (SSSR count). The minimum Gasteiger partial charge on any atom is -0.455 e. The normalized spacial score (nSPS) is 17.8. The van der Waals surface area contributed by atoms with Crippen molar-refractivity contribution in [2.45, 2.75) is 12.8 Å². The summed E-state index contributed by atoms with van der Waals surface area (Å²) in [6.45, 7) is 0.347. The van der Waals surface area contributed by atoms with Crippen LogP contribution in [0.15, 0.2) is 35.7 Å². The van der Waals surface area contributed by atoms with Crippen LogP contribution >= 0.6 is 11.3 Å². The van der Waals surface area contributed by atoms with E-state index in [0.29, 0.717) is 30.0 Å². The van der Waals surface area contributed by atoms with Crippen molar-refractivity contribution in [3.05, 3.63) is 51.7 Å². The zero-order chi connectivity index (χ0) is 22.8. The predicted octanol–water partition coefficient (Wildman–Crippen LogP) is 2.01. The van der Waals surface area contributed by atoms with E-state index in [9.17, 15) is 24.0 Å². The third kappa shape index (κ3) is 4.26. The Kier molecular flexibility index (Phi) is 6.04. The second-order valence-electron chi connectivity index (χ2n) is 7.65. The molecule has 2 aromatic rings. The zero-order valence-corrected chi connectivity index (χ0v) is 18.1. The van der Waals surface area contributed by atoms with E-state index in [1.165, 1.54) is 36.6 Å². The van der Waals surface area contributed by atoms with Gasteiger partial charge < -0.3 is 15.0 Å². The van der Waals surface area contributed by atoms with Crippen molar-refractivity contribution in [2.75, 3.05) is 32.1 Å². The van der Waals surface area contributed by atoms with Gasteiger partial charge >= 0.3 is 5.97 Å². The van der Waals surface area contributed by atoms with Gasteiger partial charge in [-0.05, 0) is 42.5 Å². The van der Waals surface area contributed by atoms with Crippen molar-refractivity contribution < 1.29 is 28.7 Å². The number of nitrogens with one attached hydrogen (secondary N) is 1. The zero-order valence-electron chi connectivity index (χ0n) is 17.3. The fourth-order valence-corrected chi connectivity index (χ4v) is 4.49. The highest BCUT2D eigenvalue weighted by Gasteiger charge is 2.33. The lowest BCUT2D eigenvalue weighted by Gasteiger charge is -2.31. The van der Waals surface area contributed by atoms with Gasteiger partial charge in [0, 0.05) is 25.8 Å². The van der Waals surface area contributed by atoms with Crippen molar-refractivity contribution in [2.24, 2.45) is 5.92 Å². The van der Waals surface area contributed by atoms with Crippen molar-refractivity contribution in [3.63, 3.8) is 0 Å². The van der Waals surface area contributed by atoms with E-state index in [1.54, 1.807) is 17.0 Å². The minimum atomic E-state index is -0.564. The van der Waals surface area contributed by atoms with Gasteiger partial charge in [0.15, 0.2) is 6.61 Å². The molecule has 32 heavy (non-hydrogen) atoms. The van der Waals surface area contributed by atoms with Gasteiger partial charge in [0.05, 0.1) is 21.9 Å². The summed E-state index contributed by atoms with van der Waals surface area (Å²) >= 11 is 1.35. The van der Waals surface area contributed by atoms with E-state index in [2.05, 4.69) is 5.32 Å². The second-order valence-corrected chi connectivity index (χ2v) is 8.60. The van der Waals surface area contributed by atoms with Crippen LogP contribution in [0.4, 0.5) is 5.69 Å². The summed E-state index contributed by atoms with van der Waals surface area (Å²) in [5, 5.41) is 4.39. The highest BCUT2D eigenvalue weighted by molar-refractivity contribution is 7.12. The number of esters is 1. The minimum absolute atomic E-state index is 0.106. The number of hydrogen-bond acceptors (Lipinski definition) is 7. The molecule has 1 atom stereocenters. The molecule has 4 amide bonds. The van der Waals surface area contributed by atoms with Gasteiger partial charge in [-0.3, -0.25) is 28.9 Å². The Morgan fingerprint density at radius 1 is 1.16 bits per heavy atom. The molecule has 2 aliphatic heterocycles. The average molecular weight is 455 g/mol. The molecule has 1 aromatic carbocycles. The maximum atomic E-state index is 12.5. The molecule has 0 saturated carbocycles. The molecule has 1 N–H and O–H groups in total. The number of ether oxygens (including phenoxy) is 1. The molecule has 1 unspecified atom stereocenters. The molecule has 1 fully saturated rings. The van der Waals surface area contributed by atoms with Crippen LogP contribution in [-0.4, -0.2) is 66.1 Å². The lowest BCUT2D eigenvalue weighted by molar-refractivity contribution is -0.152. The van der Waals surface area contributed by atoms with Crippen LogP contribution in [0, 0.1) is 5.92 Å². The Labute approximate surface area is 187 Å². The first-order valence-corrected chi connectivity index (χ1v) is 11.0. The average Bonchev–Trinajstić information content (AvgIpc) is 3.41. The fourth-order valence-electron chi connectivity index (χ4n) is 3.80. The second kappa shape index (κ2) is 8.91. The smallest absolute Gasteiger partial charge is 0.311 e. The van der Waals surface area contributed by atoms with Crippen LogP contribution < -0.4 is 5.32 Å². The monoisotopic (exact) mass is 455 g/mol. The number of benzene rings is 1. The number of piperidine rings is 1. The first-order chi connectivity index (χ1) is 15.3. The number of carbonyl (C=O) groups excluding carboxylic acids is 5. The number of hydrogen-bond donors (Lipinski definition) is 1. The van der Waals surface area contributed by atoms with E-state index in [4.69, 9.17) is 4.74 Å². The Morgan fingerprint density at radius 2 is 1.94 bits per heavy atom. The quantitative estimate of drug-likeness (QED) is 0.545. The highest BCUT2D eigenvalue weighted by atomic mass is 32.1. The molecule has 2 aliphatic rings. The van der Waals surface area contributed by atoms with Gasteiger partial charge in [-0.2, -0.15) is 0 Å². The number of rotatable bonds is 5. The topological polar surface area (TPSA) is 113 Å². The number of nitrogens with zero attached hydrogens (tertiary/aromatic N) is 2. The third-order valence-corrected chi connectivity index (χ3v) is 6.35. The summed E-state index contributed by atoms with van der Waals surface area (Å²) in [7, 11) is 1.39. The third-order valence-electron chi connectivity index (χ3n) is 5.49. The largest absolute Gasteiger partial charge is 0.455 e. The maximum Gasteiger partial charge on any atom is 0.311 e. The Morgan fingerprint density at radius 3 is 2.69 bits per heavy atom. The molecule has 10 heteroatoms. The maximum absolute atomic E-state index is 12.5. The van der Waals surface area contributed by atoms with Crippen LogP contribution in [-0.2, 0) is 14.3 Å². The van der Waals surface area contributed by atoms with E-state index in [0.717, 1.165) is 4.90 Å². The van der Waals surface area contributed by atoms with Crippen molar-refractivity contribution in [1.29, 1.82) is 0 Å². The molecule has 0 spiro atoms. The van der Waals surface area contributed by atoms with Gasteiger partial charge in [-0.25, -0.2) is 0 Å². The Hall–Kier alpha value is -3.53. The molecule has 0 radical (unpaired) electrons. The lowest BCUT2D eigenvalue weighted by atomic mass is 9.98. The number of likely N-dealkylation sites (tertiary alicyclic amines) is 1. The van der Waals surface area contributed by atoms with Crippen molar-refractivity contribution in [3.8, 4) is 0 Å². The van der Waals surface area contributed by atoms with E-state index in [1.807, 2.05) is 5.38 Å². The first-order valence-electron chi connectivity index (χ1n) is 10.1. The van der Waals surface area contributed by atoms with Gasteiger partial charge in [0.1, 0.15) is 0 Å². The Bertz CT molecular complexity index is 1100. The molecular weight excluding hydrogens is 434 g/mol. The van der Waals surface area contributed by atoms with Crippen molar-refractivity contribution in [1.82, 2.24) is 9.80 Å². The lowest BCUT2D eigenvalue weighted by Crippen LogP contribution is -2.43. The van der Waals surface area contributed by atoms with E-state index >= 15 is 0 Å². The summed E-state index contributed by atoms with van der Waals surface area (Å²) < 4.78 is 5.17. The van der Waals surface area contributed by atoms with Crippen LogP contribution in [0.25, 0.3) is 0 Å². The van der Waals surface area contributed by atoms with Crippen LogP contribution in [0.1, 0.15) is 43.2 Å². The summed E-state index contributed by atoms with van der Waals surface area (Å²) in [5.41, 5.74) is 0.817. The summed E-state index contributed by atoms with van der Waals surface area (Å²) in [6.07, 6.45) is 1.27. The molecule has 1 aromatic heterocycles. The van der Waals surface area contributed by atoms with Gasteiger partial charge in [0.25, 0.3) is 23.6 Å². The predicted molar refractivity (Wildman–Crippen MR) is 115 cm³/mol. The molecule has 1 saturated heterocycles. The number of thiophene rings is 1. The number of carbonyl (C=O) groups is 5. The van der Waals surface area contributed by atoms with Crippen LogP contribution in [0.5, 0.6) is 0 Å². The van der Waals surface area contributed by atoms with Crippen LogP contribution in [0.3, 0.4) is 0 Å². The summed E-state index contributed by atoms with van der Waals surface area (Å²) in [5.74, 6) is -2.52. The number of fused-ring (bicyclic) bond motifs is 1. The molecule has 166 valence electrons. The number of imide groups is 1. The standard InChI is InChI=1S/C22H21N3O6S/c1-24-19(27)15-7-6-14(10-16(15)20(24)28)23-18(26)12-31-22(30)13-4-2-8-25(11-13)21(29)17-5-3-9-32-17/h3,5-7,9-10,13H,2,4,8,11-12H2,1H3,(H,23,26). The summed E-state index contributed by atoms with van der Waals surface area (Å²) in [6, 6.07) is 7.97. The van der Waals surface area contributed by atoms with Gasteiger partial charge in [-0.1, -0.05) is 6.07 Å². The van der Waals surface area contributed by atoms with Crippen LogP contribution in [0.2, 0.25) is 0 Å². The van der Waals surface area contributed by atoms with E-state index in [-0.39, 0.29) is 23.6 Å². The van der Waals surface area contributed by atoms with Crippen molar-refractivity contribution >= 4 is 46.6 Å². The molecule has 0 aliphatic carbocycles. The fraction of sp³-hybridized carbons (Fsp3) is 0.318. The van der Waals surface area contributed by atoms with Gasteiger partial charge in [-0.15, -0.1) is 11.3 Å². The van der Waals surface area contributed by atoms with Gasteiger partial charge in [0.2, 0.25) is 0 Å². The molecular formula is C22H21N3O6S. The van der Waals surface area contributed by atoms with E-state index < -0.39 is 36.2 Å². The highest BCUT2D eigenvalue weighted by Crippen LogP contribution is 2.25. The SMILES string of the molecule is CN1C(=O)c2ccc(NC(=O)COC(=O)C3CCCN(C(=O)c4cccs4)C3)cc2C1=O. The number of anilines is 1.